The van der Waals surface area contributed by atoms with Crippen LogP contribution in [0, 0.1) is 16.7 Å². The Bertz CT molecular complexity index is 633. The van der Waals surface area contributed by atoms with E-state index < -0.39 is 57.8 Å². The Balaban J connectivity index is 4.03. The van der Waals surface area contributed by atoms with Crippen molar-refractivity contribution in [1.29, 1.82) is 0 Å². The lowest BCUT2D eigenvalue weighted by atomic mass is 9.49. The zero-order chi connectivity index (χ0) is 21.7. The lowest BCUT2D eigenvalue weighted by Gasteiger charge is -2.62. The summed E-state index contributed by atoms with van der Waals surface area (Å²) >= 11 is 0. The first-order valence-electron chi connectivity index (χ1n) is 8.97. The molecular formula is C19H34N2O6. The van der Waals surface area contributed by atoms with Crippen molar-refractivity contribution in [3.63, 3.8) is 0 Å². The predicted molar refractivity (Wildman–Crippen MR) is 99.5 cm³/mol. The normalized spacial score (nSPS) is 35.3. The molecule has 5 atom stereocenters. The molecule has 0 aliphatic heterocycles. The van der Waals surface area contributed by atoms with Crippen LogP contribution in [-0.4, -0.2) is 70.2 Å². The monoisotopic (exact) mass is 386 g/mol. The van der Waals surface area contributed by atoms with Crippen LogP contribution in [0.25, 0.3) is 0 Å². The number of ether oxygens (including phenoxy) is 1. The molecule has 0 aromatic carbocycles. The molecule has 0 saturated heterocycles. The molecule has 0 aromatic rings. The molecule has 1 aliphatic carbocycles. The van der Waals surface area contributed by atoms with Crippen molar-refractivity contribution in [2.75, 3.05) is 14.1 Å². The first kappa shape index (κ1) is 23.5. The van der Waals surface area contributed by atoms with Crippen LogP contribution in [0.2, 0.25) is 0 Å². The van der Waals surface area contributed by atoms with Gasteiger partial charge in [-0.25, -0.2) is 0 Å². The van der Waals surface area contributed by atoms with Crippen molar-refractivity contribution in [3.05, 3.63) is 0 Å². The number of aliphatic hydroxyl groups is 2. The van der Waals surface area contributed by atoms with Crippen LogP contribution < -0.4 is 5.73 Å². The molecule has 1 saturated carbocycles. The van der Waals surface area contributed by atoms with E-state index in [2.05, 4.69) is 0 Å². The van der Waals surface area contributed by atoms with Gasteiger partial charge in [-0.3, -0.25) is 19.3 Å². The Morgan fingerprint density at radius 1 is 1.11 bits per heavy atom. The van der Waals surface area contributed by atoms with Gasteiger partial charge in [-0.15, -0.1) is 0 Å². The molecule has 27 heavy (non-hydrogen) atoms. The summed E-state index contributed by atoms with van der Waals surface area (Å²) in [6.45, 7) is 11.7. The number of carbonyl (C=O) groups excluding carboxylic acids is 3. The highest BCUT2D eigenvalue weighted by Crippen LogP contribution is 2.55. The second-order valence-corrected chi connectivity index (χ2v) is 9.81. The van der Waals surface area contributed by atoms with Crippen LogP contribution in [0.5, 0.6) is 0 Å². The lowest BCUT2D eigenvalue weighted by molar-refractivity contribution is -0.272. The molecule has 0 bridgehead atoms. The highest BCUT2D eigenvalue weighted by atomic mass is 16.6. The van der Waals surface area contributed by atoms with Crippen LogP contribution in [0.15, 0.2) is 0 Å². The van der Waals surface area contributed by atoms with Crippen molar-refractivity contribution in [3.8, 4) is 0 Å². The fourth-order valence-electron chi connectivity index (χ4n) is 4.35. The van der Waals surface area contributed by atoms with Crippen molar-refractivity contribution in [2.24, 2.45) is 22.5 Å². The fraction of sp³-hybridized carbons (Fsp3) is 0.842. The van der Waals surface area contributed by atoms with Gasteiger partial charge >= 0.3 is 5.97 Å². The van der Waals surface area contributed by atoms with Gasteiger partial charge in [0.1, 0.15) is 5.60 Å². The first-order valence-corrected chi connectivity index (χ1v) is 8.97. The summed E-state index contributed by atoms with van der Waals surface area (Å²) in [5.74, 6) is -3.87. The van der Waals surface area contributed by atoms with E-state index in [1.807, 2.05) is 20.8 Å². The van der Waals surface area contributed by atoms with Gasteiger partial charge in [0.05, 0.1) is 6.04 Å². The minimum absolute atomic E-state index is 0.649. The summed E-state index contributed by atoms with van der Waals surface area (Å²) in [5.41, 5.74) is -1.02. The number of nitrogens with zero attached hydrogens (tertiary/aromatic N) is 1. The van der Waals surface area contributed by atoms with E-state index in [1.54, 1.807) is 39.8 Å². The number of ketones is 1. The van der Waals surface area contributed by atoms with Gasteiger partial charge in [0.2, 0.25) is 5.60 Å². The molecular weight excluding hydrogens is 352 g/mol. The molecule has 1 amide bonds. The van der Waals surface area contributed by atoms with E-state index in [0.29, 0.717) is 0 Å². The van der Waals surface area contributed by atoms with Crippen LogP contribution >= 0.6 is 0 Å². The Hall–Kier alpha value is -1.51. The van der Waals surface area contributed by atoms with Crippen LogP contribution in [0.4, 0.5) is 0 Å². The van der Waals surface area contributed by atoms with Gasteiger partial charge in [0.15, 0.2) is 11.9 Å². The molecule has 8 nitrogen and oxygen atoms in total. The highest BCUT2D eigenvalue weighted by Gasteiger charge is 2.74. The second-order valence-electron chi connectivity index (χ2n) is 9.81. The van der Waals surface area contributed by atoms with Gasteiger partial charge in [0, 0.05) is 12.8 Å². The Labute approximate surface area is 161 Å². The fourth-order valence-corrected chi connectivity index (χ4v) is 4.35. The summed E-state index contributed by atoms with van der Waals surface area (Å²) in [5, 5.41) is 23.1. The van der Waals surface area contributed by atoms with E-state index in [-0.39, 0.29) is 0 Å². The number of amides is 1. The molecule has 156 valence electrons. The smallest absolute Gasteiger partial charge is 0.303 e. The third kappa shape index (κ3) is 3.50. The van der Waals surface area contributed by atoms with E-state index in [0.717, 1.165) is 6.92 Å². The molecule has 0 radical (unpaired) electrons. The maximum Gasteiger partial charge on any atom is 0.303 e. The number of rotatable bonds is 3. The summed E-state index contributed by atoms with van der Waals surface area (Å²) in [4.78, 5) is 38.9. The maximum absolute atomic E-state index is 13.3. The molecule has 1 rings (SSSR count). The number of nitrogens with two attached hydrogens (primary N) is 1. The minimum Gasteiger partial charge on any atom is -0.455 e. The third-order valence-electron chi connectivity index (χ3n) is 5.56. The average Bonchev–Trinajstić information content (AvgIpc) is 2.43. The van der Waals surface area contributed by atoms with Gasteiger partial charge in [-0.1, -0.05) is 41.5 Å². The molecule has 4 N–H and O–H groups in total. The number of hydrogen-bond acceptors (Lipinski definition) is 7. The molecule has 3 unspecified atom stereocenters. The standard InChI is InChI=1S/C19H34N2O6/c1-10(22)27-14-18(25,15(20)24)13(23)11(21(8)9)12(16(2,3)4)19(14,26)17(5,6)7/h11-12,14,25-26H,1-9H3,(H2,20,24)/t11-,12?,14?,18?,19+/m0/s1. The summed E-state index contributed by atoms with van der Waals surface area (Å²) in [6.07, 6.45) is -1.84. The number of Topliss-reactive ketones (excluding diaryl/α,β-unsaturated/α-hetero) is 1. The van der Waals surface area contributed by atoms with Crippen LogP contribution in [0.1, 0.15) is 48.5 Å². The lowest BCUT2D eigenvalue weighted by Crippen LogP contribution is -2.82. The third-order valence-corrected chi connectivity index (χ3v) is 5.56. The summed E-state index contributed by atoms with van der Waals surface area (Å²) < 4.78 is 5.26. The Morgan fingerprint density at radius 2 is 1.56 bits per heavy atom. The number of esters is 1. The quantitative estimate of drug-likeness (QED) is 0.463. The summed E-state index contributed by atoms with van der Waals surface area (Å²) in [7, 11) is 3.25. The Morgan fingerprint density at radius 3 is 1.81 bits per heavy atom. The van der Waals surface area contributed by atoms with E-state index in [1.165, 1.54) is 0 Å². The van der Waals surface area contributed by atoms with Gasteiger partial charge in [0.25, 0.3) is 5.91 Å². The largest absolute Gasteiger partial charge is 0.455 e. The Kier molecular flexibility index (Phi) is 5.95. The minimum atomic E-state index is -2.86. The van der Waals surface area contributed by atoms with E-state index in [4.69, 9.17) is 10.5 Å². The molecule has 1 fully saturated rings. The molecule has 0 aromatic heterocycles. The predicted octanol–water partition coefficient (Wildman–Crippen LogP) is 0.0869. The van der Waals surface area contributed by atoms with Crippen LogP contribution in [0.3, 0.4) is 0 Å². The number of likely N-dealkylation sites (N-methyl/N-ethyl adjacent to an activating group) is 1. The molecule has 8 heteroatoms. The molecule has 0 spiro atoms. The first-order chi connectivity index (χ1) is 11.8. The molecule has 1 aliphatic rings. The SMILES string of the molecule is CC(=O)OC1C(O)(C(N)=O)C(=O)[C@@H](N(C)C)C(C(C)(C)C)[C@]1(O)C(C)(C)C. The van der Waals surface area contributed by atoms with Crippen molar-refractivity contribution < 1.29 is 29.3 Å². The second kappa shape index (κ2) is 6.83. The molecule has 0 heterocycles. The van der Waals surface area contributed by atoms with E-state index in [9.17, 15) is 24.6 Å². The number of hydrogen-bond donors (Lipinski definition) is 3. The van der Waals surface area contributed by atoms with Gasteiger partial charge in [-0.05, 0) is 24.9 Å². The van der Waals surface area contributed by atoms with Crippen LogP contribution in [-0.2, 0) is 19.1 Å². The zero-order valence-corrected chi connectivity index (χ0v) is 17.8. The topological polar surface area (TPSA) is 130 Å². The maximum atomic E-state index is 13.3. The highest BCUT2D eigenvalue weighted by molar-refractivity contribution is 6.13. The van der Waals surface area contributed by atoms with Crippen molar-refractivity contribution >= 4 is 17.7 Å². The van der Waals surface area contributed by atoms with Gasteiger partial charge in [-0.2, -0.15) is 0 Å². The van der Waals surface area contributed by atoms with E-state index >= 15 is 0 Å². The van der Waals surface area contributed by atoms with Crippen molar-refractivity contribution in [2.45, 2.75) is 71.8 Å². The van der Waals surface area contributed by atoms with Gasteiger partial charge < -0.3 is 20.7 Å². The average molecular weight is 386 g/mol. The number of primary amides is 1. The zero-order valence-electron chi connectivity index (χ0n) is 17.8. The van der Waals surface area contributed by atoms with Crippen molar-refractivity contribution in [1.82, 2.24) is 4.90 Å². The summed E-state index contributed by atoms with van der Waals surface area (Å²) in [6, 6.07) is -1.03. The number of carbonyl (C=O) groups is 3.